The van der Waals surface area contributed by atoms with E-state index in [9.17, 15) is 23.2 Å². The molecule has 1 aromatic carbocycles. The molecule has 0 aliphatic heterocycles. The summed E-state index contributed by atoms with van der Waals surface area (Å²) in [6, 6.07) is 9.02. The van der Waals surface area contributed by atoms with E-state index in [0.717, 1.165) is 11.8 Å². The number of amides is 2. The van der Waals surface area contributed by atoms with Crippen LogP contribution in [0.3, 0.4) is 0 Å². The number of hydrazine groups is 1. The molecule has 0 fully saturated rings. The Morgan fingerprint density at radius 2 is 1.72 bits per heavy atom. The van der Waals surface area contributed by atoms with Crippen LogP contribution < -0.4 is 16.7 Å². The first-order chi connectivity index (χ1) is 14.7. The number of hydrogen-bond donors (Lipinski definition) is 4. The number of rotatable bonds is 10. The van der Waals surface area contributed by atoms with Gasteiger partial charge in [-0.15, -0.1) is 0 Å². The van der Waals surface area contributed by atoms with Crippen molar-refractivity contribution in [3.05, 3.63) is 42.0 Å². The van der Waals surface area contributed by atoms with Crippen LogP contribution in [0.2, 0.25) is 0 Å². The van der Waals surface area contributed by atoms with Gasteiger partial charge in [0.05, 0.1) is 16.6 Å². The number of hydroxylamine groups is 1. The Balaban J connectivity index is 3.87. The molecule has 9 heteroatoms. The second kappa shape index (κ2) is 11.1. The van der Waals surface area contributed by atoms with Crippen molar-refractivity contribution in [1.82, 2.24) is 10.9 Å². The van der Waals surface area contributed by atoms with E-state index in [2.05, 4.69) is 5.43 Å². The largest absolute Gasteiger partial charge is 0.294 e. The van der Waals surface area contributed by atoms with Gasteiger partial charge in [-0.2, -0.15) is 0 Å². The SMILES string of the molecule is CC(C)C[C@](CC(C)(C)C)(C(=O)NN)[C@@H](C(=O)NO)C(/C=C/c1ccccc1)S(C)(=O)=O. The van der Waals surface area contributed by atoms with Crippen molar-refractivity contribution in [3.63, 3.8) is 0 Å². The Labute approximate surface area is 191 Å². The molecule has 3 atom stereocenters. The van der Waals surface area contributed by atoms with E-state index in [0.29, 0.717) is 0 Å². The van der Waals surface area contributed by atoms with Gasteiger partial charge in [0.15, 0.2) is 9.84 Å². The van der Waals surface area contributed by atoms with Crippen LogP contribution in [0.15, 0.2) is 36.4 Å². The molecule has 32 heavy (non-hydrogen) atoms. The zero-order valence-corrected chi connectivity index (χ0v) is 20.6. The lowest BCUT2D eigenvalue weighted by atomic mass is 9.61. The molecular formula is C23H37N3O5S. The number of nitrogens with one attached hydrogen (secondary N) is 2. The summed E-state index contributed by atoms with van der Waals surface area (Å²) in [6.07, 6.45) is 4.39. The highest BCUT2D eigenvalue weighted by atomic mass is 32.2. The van der Waals surface area contributed by atoms with Crippen molar-refractivity contribution in [1.29, 1.82) is 0 Å². The molecule has 1 aromatic rings. The Kier molecular flexibility index (Phi) is 9.62. The summed E-state index contributed by atoms with van der Waals surface area (Å²) >= 11 is 0. The molecule has 180 valence electrons. The molecule has 2 amide bonds. The summed E-state index contributed by atoms with van der Waals surface area (Å²) in [4.78, 5) is 26.4. The maximum Gasteiger partial charge on any atom is 0.249 e. The van der Waals surface area contributed by atoms with Crippen LogP contribution in [-0.2, 0) is 19.4 Å². The first-order valence-electron chi connectivity index (χ1n) is 10.5. The fourth-order valence-electron chi connectivity index (χ4n) is 4.50. The monoisotopic (exact) mass is 467 g/mol. The average Bonchev–Trinajstić information content (AvgIpc) is 2.67. The molecule has 0 spiro atoms. The molecule has 1 rings (SSSR count). The van der Waals surface area contributed by atoms with Crippen LogP contribution in [-0.4, -0.2) is 36.9 Å². The Bertz CT molecular complexity index is 907. The zero-order chi connectivity index (χ0) is 24.7. The molecule has 0 saturated heterocycles. The standard InChI is InChI=1S/C23H37N3O5S/c1-16(2)14-23(21(28)25-24,15-22(3,4)5)19(20(27)26-29)18(32(6,30)31)13-12-17-10-8-7-9-11-17/h7-13,16,18-19,29H,14-15,24H2,1-6H3,(H,25,28)(H,26,27)/b13-12+/t18?,19-,23-/m1/s1. The predicted molar refractivity (Wildman–Crippen MR) is 126 cm³/mol. The van der Waals surface area contributed by atoms with E-state index in [1.807, 2.05) is 40.7 Å². The molecule has 0 radical (unpaired) electrons. The number of nitrogens with two attached hydrogens (primary N) is 1. The molecule has 0 heterocycles. The molecule has 0 aliphatic carbocycles. The Hall–Kier alpha value is -2.23. The predicted octanol–water partition coefficient (Wildman–Crippen LogP) is 2.69. The van der Waals surface area contributed by atoms with Crippen LogP contribution >= 0.6 is 0 Å². The summed E-state index contributed by atoms with van der Waals surface area (Å²) in [5.41, 5.74) is 2.53. The average molecular weight is 468 g/mol. The van der Waals surface area contributed by atoms with Crippen LogP contribution in [0.25, 0.3) is 6.08 Å². The highest BCUT2D eigenvalue weighted by Crippen LogP contribution is 2.47. The fourth-order valence-corrected chi connectivity index (χ4v) is 5.74. The van der Waals surface area contributed by atoms with E-state index in [4.69, 9.17) is 5.84 Å². The molecule has 0 saturated carbocycles. The van der Waals surface area contributed by atoms with Crippen molar-refractivity contribution in [3.8, 4) is 0 Å². The molecule has 0 bridgehead atoms. The molecule has 1 unspecified atom stereocenters. The minimum absolute atomic E-state index is 0.0676. The van der Waals surface area contributed by atoms with Gasteiger partial charge in [0.25, 0.3) is 0 Å². The topological polar surface area (TPSA) is 139 Å². The molecule has 8 nitrogen and oxygen atoms in total. The van der Waals surface area contributed by atoms with Crippen molar-refractivity contribution in [2.24, 2.45) is 28.5 Å². The van der Waals surface area contributed by atoms with Gasteiger partial charge in [-0.3, -0.25) is 20.2 Å². The highest BCUT2D eigenvalue weighted by Gasteiger charge is 2.55. The van der Waals surface area contributed by atoms with Crippen LogP contribution in [0.4, 0.5) is 0 Å². The second-order valence-electron chi connectivity index (χ2n) is 9.98. The lowest BCUT2D eigenvalue weighted by molar-refractivity contribution is -0.150. The minimum atomic E-state index is -3.89. The van der Waals surface area contributed by atoms with E-state index in [1.165, 1.54) is 6.08 Å². The van der Waals surface area contributed by atoms with E-state index in [1.54, 1.807) is 35.8 Å². The van der Waals surface area contributed by atoms with Gasteiger partial charge in [0.2, 0.25) is 11.8 Å². The smallest absolute Gasteiger partial charge is 0.249 e. The Morgan fingerprint density at radius 1 is 1.16 bits per heavy atom. The number of sulfone groups is 1. The van der Waals surface area contributed by atoms with Crippen LogP contribution in [0.1, 0.15) is 53.0 Å². The van der Waals surface area contributed by atoms with E-state index in [-0.39, 0.29) is 18.8 Å². The first kappa shape index (κ1) is 27.8. The van der Waals surface area contributed by atoms with Gasteiger partial charge in [-0.25, -0.2) is 19.7 Å². The first-order valence-corrected chi connectivity index (χ1v) is 12.5. The van der Waals surface area contributed by atoms with Gasteiger partial charge < -0.3 is 0 Å². The third-order valence-electron chi connectivity index (χ3n) is 5.29. The normalized spacial score (nSPS) is 16.4. The minimum Gasteiger partial charge on any atom is -0.294 e. The van der Waals surface area contributed by atoms with Crippen LogP contribution in [0.5, 0.6) is 0 Å². The van der Waals surface area contributed by atoms with Gasteiger partial charge in [-0.05, 0) is 29.7 Å². The lowest BCUT2D eigenvalue weighted by Gasteiger charge is -2.44. The summed E-state index contributed by atoms with van der Waals surface area (Å²) < 4.78 is 25.9. The maximum atomic E-state index is 13.3. The molecule has 0 aromatic heterocycles. The summed E-state index contributed by atoms with van der Waals surface area (Å²) in [5, 5.41) is 8.19. The van der Waals surface area contributed by atoms with Crippen molar-refractivity contribution in [2.45, 2.75) is 52.7 Å². The number of carbonyl (C=O) groups excluding carboxylic acids is 2. The third-order valence-corrected chi connectivity index (χ3v) is 6.71. The third kappa shape index (κ3) is 7.43. The second-order valence-corrected chi connectivity index (χ2v) is 12.2. The quantitative estimate of drug-likeness (QED) is 0.181. The number of benzene rings is 1. The van der Waals surface area contributed by atoms with E-state index < -0.39 is 43.6 Å². The van der Waals surface area contributed by atoms with E-state index >= 15 is 0 Å². The highest BCUT2D eigenvalue weighted by molar-refractivity contribution is 7.91. The van der Waals surface area contributed by atoms with Gasteiger partial charge in [0, 0.05) is 6.26 Å². The number of hydrogen-bond acceptors (Lipinski definition) is 6. The lowest BCUT2D eigenvalue weighted by Crippen LogP contribution is -2.58. The Morgan fingerprint density at radius 3 is 2.12 bits per heavy atom. The molecule has 0 aliphatic rings. The fraction of sp³-hybridized carbons (Fsp3) is 0.565. The van der Waals surface area contributed by atoms with Crippen molar-refractivity contribution in [2.75, 3.05) is 6.26 Å². The molecular weight excluding hydrogens is 430 g/mol. The summed E-state index contributed by atoms with van der Waals surface area (Å²) in [6.45, 7) is 9.45. The van der Waals surface area contributed by atoms with Gasteiger partial charge in [-0.1, -0.05) is 77.1 Å². The molecule has 5 N–H and O–H groups in total. The van der Waals surface area contributed by atoms with Gasteiger partial charge in [0.1, 0.15) is 0 Å². The number of carbonyl (C=O) groups is 2. The van der Waals surface area contributed by atoms with Gasteiger partial charge >= 0.3 is 0 Å². The summed E-state index contributed by atoms with van der Waals surface area (Å²) in [7, 11) is -3.89. The summed E-state index contributed by atoms with van der Waals surface area (Å²) in [5.74, 6) is 2.46. The zero-order valence-electron chi connectivity index (χ0n) is 19.8. The maximum absolute atomic E-state index is 13.3. The van der Waals surface area contributed by atoms with Crippen LogP contribution in [0, 0.1) is 22.7 Å². The van der Waals surface area contributed by atoms with Crippen molar-refractivity contribution < 1.29 is 23.2 Å². The van der Waals surface area contributed by atoms with Crippen molar-refractivity contribution >= 4 is 27.7 Å².